The summed E-state index contributed by atoms with van der Waals surface area (Å²) >= 11 is 4.12. The van der Waals surface area contributed by atoms with Gasteiger partial charge in [0.15, 0.2) is 0 Å². The molecule has 3 rings (SSSR count). The molecule has 2 N–H and O–H groups in total. The Morgan fingerprint density at radius 2 is 2.33 bits per heavy atom. The summed E-state index contributed by atoms with van der Waals surface area (Å²) in [4.78, 5) is 4.62. The number of nitrogens with two attached hydrogens (primary N) is 1. The molecule has 0 aromatic carbocycles. The van der Waals surface area contributed by atoms with Crippen LogP contribution in [0.3, 0.4) is 0 Å². The van der Waals surface area contributed by atoms with Gasteiger partial charge in [-0.05, 0) is 30.9 Å². The van der Waals surface area contributed by atoms with Crippen LogP contribution in [0.4, 0.5) is 0 Å². The molecule has 2 aliphatic rings. The number of aryl methyl sites for hydroxylation is 1. The second-order valence-corrected chi connectivity index (χ2v) is 7.60. The number of hydrogen-bond acceptors (Lipinski definition) is 4. The maximum absolute atomic E-state index is 6.56. The van der Waals surface area contributed by atoms with Gasteiger partial charge in [0, 0.05) is 46.4 Å². The van der Waals surface area contributed by atoms with Gasteiger partial charge in [-0.15, -0.1) is 0 Å². The minimum atomic E-state index is 0.275. The zero-order valence-corrected chi connectivity index (χ0v) is 12.2. The number of hydrogen-bond donors (Lipinski definition) is 1. The predicted octanol–water partition coefficient (Wildman–Crippen LogP) is 2.68. The van der Waals surface area contributed by atoms with Gasteiger partial charge in [0.25, 0.3) is 0 Å². The van der Waals surface area contributed by atoms with E-state index in [4.69, 9.17) is 5.73 Å². The Morgan fingerprint density at radius 3 is 3.17 bits per heavy atom. The molecule has 1 aliphatic carbocycles. The normalized spacial score (nSPS) is 29.6. The molecular weight excluding hydrogens is 260 g/mol. The second-order valence-electron chi connectivity index (χ2n) is 5.11. The number of pyridine rings is 1. The Labute approximate surface area is 118 Å². The Kier molecular flexibility index (Phi) is 4.16. The monoisotopic (exact) mass is 280 g/mol. The first-order valence-electron chi connectivity index (χ1n) is 6.75. The summed E-state index contributed by atoms with van der Waals surface area (Å²) in [7, 11) is 0. The standard InChI is InChI=1S/C14H20N2S2/c15-13(12-9-17-7-8-18-12)11-5-1-3-10-4-2-6-16-14(10)11/h2,4,6,11-13H,1,3,5,7-9,15H2. The summed E-state index contributed by atoms with van der Waals surface area (Å²) in [5.74, 6) is 4.23. The number of rotatable bonds is 2. The van der Waals surface area contributed by atoms with E-state index in [9.17, 15) is 0 Å². The van der Waals surface area contributed by atoms with Crippen molar-refractivity contribution in [2.75, 3.05) is 17.3 Å². The minimum absolute atomic E-state index is 0.275. The zero-order valence-electron chi connectivity index (χ0n) is 10.5. The minimum Gasteiger partial charge on any atom is -0.326 e. The van der Waals surface area contributed by atoms with Gasteiger partial charge < -0.3 is 5.73 Å². The highest BCUT2D eigenvalue weighted by Crippen LogP contribution is 2.37. The van der Waals surface area contributed by atoms with Crippen molar-refractivity contribution in [1.82, 2.24) is 4.98 Å². The summed E-state index contributed by atoms with van der Waals surface area (Å²) in [6.07, 6.45) is 5.58. The molecule has 1 aromatic heterocycles. The summed E-state index contributed by atoms with van der Waals surface area (Å²) in [5.41, 5.74) is 9.28. The molecule has 1 saturated heterocycles. The fourth-order valence-electron chi connectivity index (χ4n) is 3.01. The van der Waals surface area contributed by atoms with Crippen LogP contribution in [-0.2, 0) is 6.42 Å². The van der Waals surface area contributed by atoms with Crippen molar-refractivity contribution in [3.8, 4) is 0 Å². The van der Waals surface area contributed by atoms with Gasteiger partial charge in [0.05, 0.1) is 0 Å². The average molecular weight is 280 g/mol. The fourth-order valence-corrected chi connectivity index (χ4v) is 5.87. The quantitative estimate of drug-likeness (QED) is 0.904. The van der Waals surface area contributed by atoms with Crippen LogP contribution in [0.5, 0.6) is 0 Å². The maximum atomic E-state index is 6.56. The highest BCUT2D eigenvalue weighted by Gasteiger charge is 2.32. The highest BCUT2D eigenvalue weighted by atomic mass is 32.2. The largest absolute Gasteiger partial charge is 0.326 e. The number of thioether (sulfide) groups is 2. The third-order valence-corrected chi connectivity index (χ3v) is 6.88. The zero-order chi connectivity index (χ0) is 12.4. The molecule has 18 heavy (non-hydrogen) atoms. The highest BCUT2D eigenvalue weighted by molar-refractivity contribution is 8.06. The smallest absolute Gasteiger partial charge is 0.0482 e. The Morgan fingerprint density at radius 1 is 1.39 bits per heavy atom. The van der Waals surface area contributed by atoms with E-state index in [0.29, 0.717) is 11.2 Å². The molecule has 3 unspecified atom stereocenters. The maximum Gasteiger partial charge on any atom is 0.0482 e. The number of fused-ring (bicyclic) bond motifs is 1. The first-order chi connectivity index (χ1) is 8.86. The van der Waals surface area contributed by atoms with Gasteiger partial charge in [0.2, 0.25) is 0 Å². The van der Waals surface area contributed by atoms with Crippen LogP contribution in [0.15, 0.2) is 18.3 Å². The van der Waals surface area contributed by atoms with Crippen molar-refractivity contribution in [2.45, 2.75) is 36.5 Å². The van der Waals surface area contributed by atoms with Crippen LogP contribution in [0, 0.1) is 0 Å². The molecule has 98 valence electrons. The molecule has 2 heterocycles. The van der Waals surface area contributed by atoms with Gasteiger partial charge in [-0.1, -0.05) is 6.07 Å². The third kappa shape index (κ3) is 2.56. The molecular formula is C14H20N2S2. The molecule has 3 atom stereocenters. The van der Waals surface area contributed by atoms with E-state index in [0.717, 1.165) is 0 Å². The van der Waals surface area contributed by atoms with E-state index >= 15 is 0 Å². The number of aromatic nitrogens is 1. The van der Waals surface area contributed by atoms with Crippen LogP contribution in [0.25, 0.3) is 0 Å². The van der Waals surface area contributed by atoms with Crippen molar-refractivity contribution in [3.05, 3.63) is 29.6 Å². The van der Waals surface area contributed by atoms with Crippen LogP contribution in [-0.4, -0.2) is 33.5 Å². The van der Waals surface area contributed by atoms with Gasteiger partial charge in [-0.3, -0.25) is 4.98 Å². The van der Waals surface area contributed by atoms with Crippen molar-refractivity contribution in [2.24, 2.45) is 5.73 Å². The van der Waals surface area contributed by atoms with E-state index in [1.54, 1.807) is 0 Å². The summed E-state index contributed by atoms with van der Waals surface area (Å²) in [5, 5.41) is 0.613. The van der Waals surface area contributed by atoms with Crippen LogP contribution < -0.4 is 5.73 Å². The SMILES string of the molecule is NC(C1CSCCS1)C1CCCc2cccnc21. The molecule has 0 spiro atoms. The van der Waals surface area contributed by atoms with Crippen molar-refractivity contribution >= 4 is 23.5 Å². The van der Waals surface area contributed by atoms with Gasteiger partial charge in [-0.25, -0.2) is 0 Å². The lowest BCUT2D eigenvalue weighted by atomic mass is 9.81. The van der Waals surface area contributed by atoms with Crippen molar-refractivity contribution < 1.29 is 0 Å². The van der Waals surface area contributed by atoms with Crippen LogP contribution in [0.2, 0.25) is 0 Å². The summed E-state index contributed by atoms with van der Waals surface area (Å²) in [6, 6.07) is 4.55. The fraction of sp³-hybridized carbons (Fsp3) is 0.643. The van der Waals surface area contributed by atoms with Crippen molar-refractivity contribution in [1.29, 1.82) is 0 Å². The Bertz CT molecular complexity index is 405. The van der Waals surface area contributed by atoms with Gasteiger partial charge in [0.1, 0.15) is 0 Å². The molecule has 4 heteroatoms. The van der Waals surface area contributed by atoms with E-state index in [1.165, 1.54) is 47.8 Å². The van der Waals surface area contributed by atoms with E-state index < -0.39 is 0 Å². The average Bonchev–Trinajstić information content (AvgIpc) is 2.47. The first kappa shape index (κ1) is 12.8. The van der Waals surface area contributed by atoms with E-state index in [2.05, 4.69) is 40.6 Å². The Hall–Kier alpha value is -0.190. The van der Waals surface area contributed by atoms with Crippen LogP contribution >= 0.6 is 23.5 Å². The predicted molar refractivity (Wildman–Crippen MR) is 81.5 cm³/mol. The topological polar surface area (TPSA) is 38.9 Å². The molecule has 1 aliphatic heterocycles. The van der Waals surface area contributed by atoms with Gasteiger partial charge in [-0.2, -0.15) is 23.5 Å². The van der Waals surface area contributed by atoms with Crippen molar-refractivity contribution in [3.63, 3.8) is 0 Å². The molecule has 0 saturated carbocycles. The first-order valence-corrected chi connectivity index (χ1v) is 8.95. The lowest BCUT2D eigenvalue weighted by molar-refractivity contribution is 0.450. The molecule has 1 fully saturated rings. The third-order valence-electron chi connectivity index (χ3n) is 3.97. The second kappa shape index (κ2) is 5.85. The lowest BCUT2D eigenvalue weighted by Gasteiger charge is -2.35. The van der Waals surface area contributed by atoms with E-state index in [1.807, 2.05) is 6.20 Å². The summed E-state index contributed by atoms with van der Waals surface area (Å²) in [6.45, 7) is 0. The van der Waals surface area contributed by atoms with E-state index in [-0.39, 0.29) is 6.04 Å². The Balaban J connectivity index is 1.80. The summed E-state index contributed by atoms with van der Waals surface area (Å²) < 4.78 is 0. The molecule has 2 nitrogen and oxygen atoms in total. The molecule has 0 amide bonds. The molecule has 0 radical (unpaired) electrons. The molecule has 1 aromatic rings. The number of nitrogens with zero attached hydrogens (tertiary/aromatic N) is 1. The molecule has 0 bridgehead atoms. The van der Waals surface area contributed by atoms with Gasteiger partial charge >= 0.3 is 0 Å². The van der Waals surface area contributed by atoms with Crippen LogP contribution in [0.1, 0.15) is 30.0 Å². The lowest BCUT2D eigenvalue weighted by Crippen LogP contribution is -2.42.